The van der Waals surface area contributed by atoms with E-state index in [1.54, 1.807) is 12.2 Å². The van der Waals surface area contributed by atoms with Gasteiger partial charge >= 0.3 is 0 Å². The second-order valence-electron chi connectivity index (χ2n) is 5.67. The standard InChI is InChI=1S/C12H21NO6S2/c1-3-5-13(6-4-2)7-11(9-20(14,15)16)12(8-13)10-21(17,18)19/h3-4,11-12H,1-2,5-10H2,(H-,14,15,16,17,18,19)/p+1. The topological polar surface area (TPSA) is 109 Å². The van der Waals surface area contributed by atoms with E-state index in [1.165, 1.54) is 0 Å². The largest absolute Gasteiger partial charge is 0.317 e. The molecular weight excluding hydrogens is 318 g/mol. The summed E-state index contributed by atoms with van der Waals surface area (Å²) in [6.07, 6.45) is 3.37. The fraction of sp³-hybridized carbons (Fsp3) is 0.667. The zero-order chi connectivity index (χ0) is 16.3. The first-order valence-corrected chi connectivity index (χ1v) is 9.69. The van der Waals surface area contributed by atoms with Crippen molar-refractivity contribution in [3.63, 3.8) is 0 Å². The van der Waals surface area contributed by atoms with Gasteiger partial charge in [-0.15, -0.1) is 0 Å². The Kier molecular flexibility index (Phi) is 5.73. The summed E-state index contributed by atoms with van der Waals surface area (Å²) in [6, 6.07) is 0. The van der Waals surface area contributed by atoms with Crippen LogP contribution in [-0.2, 0) is 20.2 Å². The van der Waals surface area contributed by atoms with Crippen LogP contribution in [0.4, 0.5) is 0 Å². The van der Waals surface area contributed by atoms with Crippen molar-refractivity contribution in [3.8, 4) is 0 Å². The summed E-state index contributed by atoms with van der Waals surface area (Å²) in [5.74, 6) is -2.10. The van der Waals surface area contributed by atoms with Gasteiger partial charge in [-0.3, -0.25) is 9.11 Å². The maximum absolute atomic E-state index is 11.1. The molecule has 21 heavy (non-hydrogen) atoms. The van der Waals surface area contributed by atoms with Gasteiger partial charge < -0.3 is 4.48 Å². The van der Waals surface area contributed by atoms with Gasteiger partial charge in [-0.1, -0.05) is 13.2 Å². The number of quaternary nitrogens is 1. The molecule has 1 aliphatic rings. The number of nitrogens with zero attached hydrogens (tertiary/aromatic N) is 1. The molecule has 0 bridgehead atoms. The molecule has 0 aromatic carbocycles. The minimum absolute atomic E-state index is 0.387. The molecule has 0 radical (unpaired) electrons. The van der Waals surface area contributed by atoms with E-state index in [2.05, 4.69) is 13.2 Å². The molecule has 1 aliphatic heterocycles. The molecule has 1 heterocycles. The van der Waals surface area contributed by atoms with Gasteiger partial charge in [-0.25, -0.2) is 0 Å². The van der Waals surface area contributed by atoms with Gasteiger partial charge in [0.05, 0.1) is 37.7 Å². The van der Waals surface area contributed by atoms with Crippen molar-refractivity contribution in [1.29, 1.82) is 0 Å². The summed E-state index contributed by atoms with van der Waals surface area (Å²) in [5, 5.41) is 0. The number of rotatable bonds is 8. The van der Waals surface area contributed by atoms with Crippen LogP contribution in [-0.4, -0.2) is 68.1 Å². The normalized spacial score (nSPS) is 25.6. The van der Waals surface area contributed by atoms with Gasteiger partial charge in [-0.05, 0) is 12.2 Å². The predicted molar refractivity (Wildman–Crippen MR) is 79.9 cm³/mol. The third-order valence-corrected chi connectivity index (χ3v) is 5.49. The second kappa shape index (κ2) is 6.57. The van der Waals surface area contributed by atoms with E-state index < -0.39 is 43.6 Å². The van der Waals surface area contributed by atoms with Gasteiger partial charge in [0.2, 0.25) is 0 Å². The molecular formula is C12H22NO6S2+. The Balaban J connectivity index is 3.06. The summed E-state index contributed by atoms with van der Waals surface area (Å²) >= 11 is 0. The lowest BCUT2D eigenvalue weighted by Crippen LogP contribution is -2.46. The Morgan fingerprint density at radius 2 is 1.24 bits per heavy atom. The lowest BCUT2D eigenvalue weighted by atomic mass is 10.0. The Bertz CT molecular complexity index is 541. The summed E-state index contributed by atoms with van der Waals surface area (Å²) in [7, 11) is -8.43. The van der Waals surface area contributed by atoms with Gasteiger partial charge in [-0.2, -0.15) is 16.8 Å². The second-order valence-corrected chi connectivity index (χ2v) is 8.66. The summed E-state index contributed by atoms with van der Waals surface area (Å²) in [5.41, 5.74) is 0. The van der Waals surface area contributed by atoms with E-state index in [4.69, 9.17) is 9.11 Å². The van der Waals surface area contributed by atoms with E-state index in [9.17, 15) is 16.8 Å². The van der Waals surface area contributed by atoms with Crippen molar-refractivity contribution < 1.29 is 30.4 Å². The smallest absolute Gasteiger partial charge is 0.265 e. The first-order chi connectivity index (χ1) is 9.50. The van der Waals surface area contributed by atoms with Crippen molar-refractivity contribution >= 4 is 20.2 Å². The minimum Gasteiger partial charge on any atom is -0.317 e. The minimum atomic E-state index is -4.21. The van der Waals surface area contributed by atoms with Gasteiger partial charge in [0.25, 0.3) is 20.2 Å². The molecule has 1 rings (SSSR count). The highest BCUT2D eigenvalue weighted by Crippen LogP contribution is 2.32. The molecule has 0 amide bonds. The Morgan fingerprint density at radius 1 is 0.905 bits per heavy atom. The van der Waals surface area contributed by atoms with E-state index in [-0.39, 0.29) is 0 Å². The van der Waals surface area contributed by atoms with E-state index in [1.807, 2.05) is 0 Å². The van der Waals surface area contributed by atoms with E-state index in [0.717, 1.165) is 0 Å². The summed E-state index contributed by atoms with van der Waals surface area (Å²) in [6.45, 7) is 9.18. The molecule has 2 atom stereocenters. The van der Waals surface area contributed by atoms with Gasteiger partial charge in [0, 0.05) is 11.8 Å². The molecule has 0 aliphatic carbocycles. The van der Waals surface area contributed by atoms with Crippen LogP contribution in [0, 0.1) is 11.8 Å². The molecule has 2 N–H and O–H groups in total. The zero-order valence-corrected chi connectivity index (χ0v) is 13.4. The van der Waals surface area contributed by atoms with Crippen LogP contribution in [0.3, 0.4) is 0 Å². The van der Waals surface area contributed by atoms with Crippen LogP contribution < -0.4 is 0 Å². The molecule has 1 fully saturated rings. The highest BCUT2D eigenvalue weighted by Gasteiger charge is 2.46. The number of likely N-dealkylation sites (tertiary alicyclic amines) is 1. The molecule has 122 valence electrons. The third kappa shape index (κ3) is 5.87. The molecule has 9 heteroatoms. The lowest BCUT2D eigenvalue weighted by molar-refractivity contribution is -0.908. The SMILES string of the molecule is C=CC[N+]1(CC=C)CC(CS(=O)(=O)O)C(CS(=O)(=O)O)C1. The van der Waals surface area contributed by atoms with Gasteiger partial charge in [0.1, 0.15) is 0 Å². The average Bonchev–Trinajstić information content (AvgIpc) is 2.52. The number of hydrogen-bond acceptors (Lipinski definition) is 4. The Labute approximate surface area is 126 Å². The first kappa shape index (κ1) is 18.3. The monoisotopic (exact) mass is 340 g/mol. The Morgan fingerprint density at radius 3 is 1.48 bits per heavy atom. The van der Waals surface area contributed by atoms with Crippen molar-refractivity contribution in [1.82, 2.24) is 0 Å². The van der Waals surface area contributed by atoms with Crippen LogP contribution >= 0.6 is 0 Å². The van der Waals surface area contributed by atoms with Gasteiger partial charge in [0.15, 0.2) is 0 Å². The van der Waals surface area contributed by atoms with E-state index >= 15 is 0 Å². The lowest BCUT2D eigenvalue weighted by Gasteiger charge is -2.32. The fourth-order valence-electron chi connectivity index (χ4n) is 3.21. The van der Waals surface area contributed by atoms with Crippen molar-refractivity contribution in [2.45, 2.75) is 0 Å². The maximum Gasteiger partial charge on any atom is 0.265 e. The van der Waals surface area contributed by atoms with Crippen LogP contribution in [0.2, 0.25) is 0 Å². The van der Waals surface area contributed by atoms with Crippen LogP contribution in [0.25, 0.3) is 0 Å². The van der Waals surface area contributed by atoms with Crippen molar-refractivity contribution in [2.75, 3.05) is 37.7 Å². The quantitative estimate of drug-likeness (QED) is 0.371. The Hall–Kier alpha value is -0.740. The number of hydrogen-bond donors (Lipinski definition) is 2. The molecule has 0 saturated carbocycles. The van der Waals surface area contributed by atoms with Crippen molar-refractivity contribution in [3.05, 3.63) is 25.3 Å². The predicted octanol–water partition coefficient (Wildman–Crippen LogP) is 0.197. The molecule has 1 saturated heterocycles. The fourth-order valence-corrected chi connectivity index (χ4v) is 5.04. The maximum atomic E-state index is 11.1. The summed E-state index contributed by atoms with van der Waals surface area (Å²) in [4.78, 5) is 0. The molecule has 0 aromatic rings. The molecule has 2 unspecified atom stereocenters. The highest BCUT2D eigenvalue weighted by atomic mass is 32.2. The first-order valence-electron chi connectivity index (χ1n) is 6.47. The van der Waals surface area contributed by atoms with Crippen LogP contribution in [0.15, 0.2) is 25.3 Å². The highest BCUT2D eigenvalue weighted by molar-refractivity contribution is 7.86. The summed E-state index contributed by atoms with van der Waals surface area (Å²) < 4.78 is 63.0. The molecule has 7 nitrogen and oxygen atoms in total. The third-order valence-electron chi connectivity index (χ3n) is 3.79. The van der Waals surface area contributed by atoms with Crippen LogP contribution in [0.5, 0.6) is 0 Å². The van der Waals surface area contributed by atoms with E-state index in [0.29, 0.717) is 30.7 Å². The molecule has 0 aromatic heterocycles. The average molecular weight is 340 g/mol. The molecule has 0 spiro atoms. The zero-order valence-electron chi connectivity index (χ0n) is 11.8. The van der Waals surface area contributed by atoms with Crippen molar-refractivity contribution in [2.24, 2.45) is 11.8 Å². The van der Waals surface area contributed by atoms with Crippen LogP contribution in [0.1, 0.15) is 0 Å².